The predicted molar refractivity (Wildman–Crippen MR) is 96.3 cm³/mol. The van der Waals surface area contributed by atoms with Crippen molar-refractivity contribution in [3.05, 3.63) is 35.4 Å². The number of ether oxygens (including phenoxy) is 6. The number of aliphatic hydroxyl groups excluding tert-OH is 1. The van der Waals surface area contributed by atoms with Crippen molar-refractivity contribution >= 4 is 0 Å². The minimum absolute atomic E-state index is 0.451. The van der Waals surface area contributed by atoms with Crippen molar-refractivity contribution in [3.63, 3.8) is 0 Å². The third kappa shape index (κ3) is 3.57. The van der Waals surface area contributed by atoms with Gasteiger partial charge in [0.1, 0.15) is 17.6 Å². The highest BCUT2D eigenvalue weighted by Gasteiger charge is 2.24. The Hall–Kier alpha value is -2.80. The topological polar surface area (TPSA) is 75.6 Å². The number of aliphatic hydroxyl groups is 1. The molecule has 0 saturated carbocycles. The summed E-state index contributed by atoms with van der Waals surface area (Å²) in [6.07, 6.45) is -1.06. The molecule has 0 heterocycles. The quantitative estimate of drug-likeness (QED) is 0.772. The van der Waals surface area contributed by atoms with Crippen LogP contribution in [0, 0.1) is 0 Å². The summed E-state index contributed by atoms with van der Waals surface area (Å²) in [5.74, 6) is 2.85. The number of rotatable bonds is 8. The van der Waals surface area contributed by atoms with E-state index < -0.39 is 6.10 Å². The Labute approximate surface area is 153 Å². The van der Waals surface area contributed by atoms with Crippen LogP contribution < -0.4 is 28.4 Å². The SMILES string of the molecule is COc1cc(OC)c(C(O)c2cc(OC)c(OC)cc2OC)cc1OC. The second-order valence-electron chi connectivity index (χ2n) is 5.30. The van der Waals surface area contributed by atoms with Gasteiger partial charge in [-0.25, -0.2) is 0 Å². The van der Waals surface area contributed by atoms with Crippen molar-refractivity contribution in [1.29, 1.82) is 0 Å². The standard InChI is InChI=1S/C19H24O7/c1-21-13-9-17(25-5)15(23-3)7-11(13)19(20)12-8-16(24-4)18(26-6)10-14(12)22-2/h7-10,19-20H,1-6H3. The normalized spacial score (nSPS) is 10.5. The van der Waals surface area contributed by atoms with E-state index in [0.29, 0.717) is 45.6 Å². The molecule has 26 heavy (non-hydrogen) atoms. The Kier molecular flexibility index (Phi) is 6.41. The van der Waals surface area contributed by atoms with Crippen molar-refractivity contribution in [2.75, 3.05) is 42.7 Å². The maximum absolute atomic E-state index is 11.0. The monoisotopic (exact) mass is 364 g/mol. The minimum atomic E-state index is -1.06. The first-order chi connectivity index (χ1) is 12.5. The Morgan fingerprint density at radius 3 is 1.04 bits per heavy atom. The summed E-state index contributed by atoms with van der Waals surface area (Å²) in [6, 6.07) is 6.65. The van der Waals surface area contributed by atoms with Gasteiger partial charge in [-0.1, -0.05) is 0 Å². The van der Waals surface area contributed by atoms with E-state index in [1.807, 2.05) is 0 Å². The molecule has 7 nitrogen and oxygen atoms in total. The zero-order valence-electron chi connectivity index (χ0n) is 15.8. The molecule has 0 bridgehead atoms. The van der Waals surface area contributed by atoms with E-state index >= 15 is 0 Å². The van der Waals surface area contributed by atoms with Crippen molar-refractivity contribution in [2.45, 2.75) is 6.10 Å². The van der Waals surface area contributed by atoms with E-state index in [0.717, 1.165) is 0 Å². The lowest BCUT2D eigenvalue weighted by Gasteiger charge is -2.21. The molecule has 7 heteroatoms. The highest BCUT2D eigenvalue weighted by molar-refractivity contribution is 5.57. The summed E-state index contributed by atoms with van der Waals surface area (Å²) in [5, 5.41) is 11.0. The van der Waals surface area contributed by atoms with Gasteiger partial charge >= 0.3 is 0 Å². The van der Waals surface area contributed by atoms with E-state index in [-0.39, 0.29) is 0 Å². The molecule has 2 aromatic carbocycles. The van der Waals surface area contributed by atoms with Gasteiger partial charge in [0.15, 0.2) is 23.0 Å². The van der Waals surface area contributed by atoms with Crippen molar-refractivity contribution in [1.82, 2.24) is 0 Å². The largest absolute Gasteiger partial charge is 0.496 e. The maximum atomic E-state index is 11.0. The highest BCUT2D eigenvalue weighted by Crippen LogP contribution is 2.44. The lowest BCUT2D eigenvalue weighted by Crippen LogP contribution is -2.07. The van der Waals surface area contributed by atoms with E-state index in [1.54, 1.807) is 24.3 Å². The first-order valence-corrected chi connectivity index (χ1v) is 7.82. The van der Waals surface area contributed by atoms with Gasteiger partial charge in [-0.2, -0.15) is 0 Å². The van der Waals surface area contributed by atoms with Crippen LogP contribution in [0.15, 0.2) is 24.3 Å². The molecule has 0 atom stereocenters. The minimum Gasteiger partial charge on any atom is -0.496 e. The Morgan fingerprint density at radius 1 is 0.500 bits per heavy atom. The van der Waals surface area contributed by atoms with Crippen LogP contribution in [0.25, 0.3) is 0 Å². The summed E-state index contributed by atoms with van der Waals surface area (Å²) in [5.41, 5.74) is 0.992. The van der Waals surface area contributed by atoms with E-state index in [4.69, 9.17) is 28.4 Å². The fraction of sp³-hybridized carbons (Fsp3) is 0.368. The molecule has 0 amide bonds. The van der Waals surface area contributed by atoms with Gasteiger partial charge in [0.2, 0.25) is 0 Å². The number of hydrogen-bond acceptors (Lipinski definition) is 7. The molecule has 0 spiro atoms. The summed E-state index contributed by atoms with van der Waals surface area (Å²) in [7, 11) is 9.15. The summed E-state index contributed by atoms with van der Waals surface area (Å²) < 4.78 is 32.1. The smallest absolute Gasteiger partial charge is 0.164 e. The number of benzene rings is 2. The third-order valence-corrected chi connectivity index (χ3v) is 4.06. The first kappa shape index (κ1) is 19.5. The lowest BCUT2D eigenvalue weighted by atomic mass is 9.98. The summed E-state index contributed by atoms with van der Waals surface area (Å²) >= 11 is 0. The second-order valence-corrected chi connectivity index (χ2v) is 5.30. The Morgan fingerprint density at radius 2 is 0.769 bits per heavy atom. The molecule has 0 aromatic heterocycles. The number of hydrogen-bond donors (Lipinski definition) is 1. The molecule has 2 aromatic rings. The van der Waals surface area contributed by atoms with Gasteiger partial charge in [-0.3, -0.25) is 0 Å². The molecule has 0 unspecified atom stereocenters. The zero-order valence-corrected chi connectivity index (χ0v) is 15.8. The van der Waals surface area contributed by atoms with Gasteiger partial charge in [-0.05, 0) is 12.1 Å². The Balaban J connectivity index is 2.63. The van der Waals surface area contributed by atoms with Crippen LogP contribution in [0.3, 0.4) is 0 Å². The van der Waals surface area contributed by atoms with Gasteiger partial charge in [-0.15, -0.1) is 0 Å². The summed E-state index contributed by atoms with van der Waals surface area (Å²) in [6.45, 7) is 0. The van der Waals surface area contributed by atoms with E-state index in [2.05, 4.69) is 0 Å². The average molecular weight is 364 g/mol. The van der Waals surface area contributed by atoms with Gasteiger partial charge in [0.25, 0.3) is 0 Å². The lowest BCUT2D eigenvalue weighted by molar-refractivity contribution is 0.207. The van der Waals surface area contributed by atoms with Crippen LogP contribution in [0.5, 0.6) is 34.5 Å². The van der Waals surface area contributed by atoms with Crippen LogP contribution in [-0.4, -0.2) is 47.8 Å². The second kappa shape index (κ2) is 8.53. The molecule has 1 N–H and O–H groups in total. The molecule has 142 valence electrons. The fourth-order valence-corrected chi connectivity index (χ4v) is 2.70. The van der Waals surface area contributed by atoms with Gasteiger partial charge in [0.05, 0.1) is 42.7 Å². The number of methoxy groups -OCH3 is 6. The van der Waals surface area contributed by atoms with Crippen molar-refractivity contribution < 1.29 is 33.5 Å². The predicted octanol–water partition coefficient (Wildman–Crippen LogP) is 2.82. The van der Waals surface area contributed by atoms with Crippen LogP contribution in [-0.2, 0) is 0 Å². The summed E-state index contributed by atoms with van der Waals surface area (Å²) in [4.78, 5) is 0. The van der Waals surface area contributed by atoms with Gasteiger partial charge in [0, 0.05) is 23.3 Å². The van der Waals surface area contributed by atoms with Crippen molar-refractivity contribution in [2.24, 2.45) is 0 Å². The molecular formula is C19H24O7. The molecule has 0 radical (unpaired) electrons. The highest BCUT2D eigenvalue weighted by atomic mass is 16.5. The molecule has 0 aliphatic rings. The van der Waals surface area contributed by atoms with E-state index in [9.17, 15) is 5.11 Å². The Bertz CT molecular complexity index is 695. The molecule has 0 aliphatic carbocycles. The fourth-order valence-electron chi connectivity index (χ4n) is 2.70. The van der Waals surface area contributed by atoms with Crippen LogP contribution >= 0.6 is 0 Å². The molecule has 0 saturated heterocycles. The zero-order chi connectivity index (χ0) is 19.3. The molecular weight excluding hydrogens is 340 g/mol. The van der Waals surface area contributed by atoms with Crippen LogP contribution in [0.1, 0.15) is 17.2 Å². The molecule has 0 aliphatic heterocycles. The average Bonchev–Trinajstić information content (AvgIpc) is 2.70. The maximum Gasteiger partial charge on any atom is 0.164 e. The van der Waals surface area contributed by atoms with Crippen molar-refractivity contribution in [3.8, 4) is 34.5 Å². The van der Waals surface area contributed by atoms with E-state index in [1.165, 1.54) is 42.7 Å². The first-order valence-electron chi connectivity index (χ1n) is 7.82. The van der Waals surface area contributed by atoms with Crippen LogP contribution in [0.2, 0.25) is 0 Å². The molecule has 0 fully saturated rings. The van der Waals surface area contributed by atoms with Crippen LogP contribution in [0.4, 0.5) is 0 Å². The molecule has 2 rings (SSSR count). The van der Waals surface area contributed by atoms with Gasteiger partial charge < -0.3 is 33.5 Å². The third-order valence-electron chi connectivity index (χ3n) is 4.06.